The van der Waals surface area contributed by atoms with Crippen molar-refractivity contribution in [3.05, 3.63) is 23.7 Å². The Kier molecular flexibility index (Phi) is 3.81. The highest BCUT2D eigenvalue weighted by atomic mass is 35.5. The van der Waals surface area contributed by atoms with Crippen LogP contribution in [0.3, 0.4) is 0 Å². The number of carbonyl (C=O) groups excluding carboxylic acids is 1. The van der Waals surface area contributed by atoms with Gasteiger partial charge in [-0.2, -0.15) is 0 Å². The van der Waals surface area contributed by atoms with Crippen LogP contribution in [-0.4, -0.2) is 20.4 Å². The van der Waals surface area contributed by atoms with E-state index in [4.69, 9.17) is 17.3 Å². The van der Waals surface area contributed by atoms with E-state index in [1.165, 1.54) is 0 Å². The molecule has 2 N–H and O–H groups in total. The number of primary amides is 1. The molecule has 2 aromatic rings. The lowest BCUT2D eigenvalue weighted by atomic mass is 10.3. The number of fused-ring (bicyclic) bond motifs is 1. The quantitative estimate of drug-likeness (QED) is 0.838. The number of alkyl halides is 1. The number of rotatable bonds is 5. The van der Waals surface area contributed by atoms with Gasteiger partial charge >= 0.3 is 0 Å². The Balaban J connectivity index is 2.33. The molecule has 2 aromatic heterocycles. The van der Waals surface area contributed by atoms with Crippen LogP contribution in [0.1, 0.15) is 24.4 Å². The lowest BCUT2D eigenvalue weighted by Crippen LogP contribution is -2.12. The Hall–Kier alpha value is -1.62. The van der Waals surface area contributed by atoms with Crippen LogP contribution in [0.2, 0.25) is 0 Å². The molecule has 18 heavy (non-hydrogen) atoms. The minimum atomic E-state index is -0.295. The van der Waals surface area contributed by atoms with Gasteiger partial charge in [0.1, 0.15) is 11.3 Å². The van der Waals surface area contributed by atoms with Crippen LogP contribution in [0.5, 0.6) is 0 Å². The fourth-order valence-electron chi connectivity index (χ4n) is 1.89. The van der Waals surface area contributed by atoms with Crippen molar-refractivity contribution in [2.24, 2.45) is 5.73 Å². The third-order valence-electron chi connectivity index (χ3n) is 2.73. The zero-order valence-corrected chi connectivity index (χ0v) is 10.9. The molecular weight excluding hydrogens is 252 g/mol. The summed E-state index contributed by atoms with van der Waals surface area (Å²) in [6.45, 7) is 2.58. The molecule has 6 heteroatoms. The maximum absolute atomic E-state index is 10.8. The van der Waals surface area contributed by atoms with E-state index in [0.717, 1.165) is 22.7 Å². The van der Waals surface area contributed by atoms with Gasteiger partial charge in [-0.1, -0.05) is 0 Å². The minimum Gasteiger partial charge on any atom is -0.370 e. The van der Waals surface area contributed by atoms with Crippen LogP contribution in [0.15, 0.2) is 12.1 Å². The maximum Gasteiger partial charge on any atom is 0.217 e. The molecule has 0 atom stereocenters. The zero-order valence-electron chi connectivity index (χ0n) is 10.2. The molecule has 96 valence electrons. The number of hydrogen-bond acceptors (Lipinski definition) is 3. The van der Waals surface area contributed by atoms with E-state index >= 15 is 0 Å². The highest BCUT2D eigenvalue weighted by Gasteiger charge is 2.11. The van der Waals surface area contributed by atoms with Gasteiger partial charge in [-0.25, -0.2) is 9.97 Å². The number of aryl methyl sites for hydroxylation is 2. The number of amides is 1. The van der Waals surface area contributed by atoms with E-state index in [-0.39, 0.29) is 5.91 Å². The lowest BCUT2D eigenvalue weighted by molar-refractivity contribution is -0.118. The number of pyridine rings is 1. The second-order valence-electron chi connectivity index (χ2n) is 4.18. The largest absolute Gasteiger partial charge is 0.370 e. The third-order valence-corrected chi connectivity index (χ3v) is 2.97. The number of hydrogen-bond donors (Lipinski definition) is 1. The van der Waals surface area contributed by atoms with Crippen molar-refractivity contribution in [1.82, 2.24) is 14.5 Å². The molecular formula is C12H15ClN4O. The van der Waals surface area contributed by atoms with Crippen molar-refractivity contribution >= 4 is 28.7 Å². The molecule has 0 saturated heterocycles. The van der Waals surface area contributed by atoms with Crippen LogP contribution >= 0.6 is 11.6 Å². The Bertz CT molecular complexity index is 579. The summed E-state index contributed by atoms with van der Waals surface area (Å²) in [7, 11) is 0. The first-order chi connectivity index (χ1) is 8.61. The predicted molar refractivity (Wildman–Crippen MR) is 70.3 cm³/mol. The van der Waals surface area contributed by atoms with Crippen molar-refractivity contribution in [3.8, 4) is 0 Å². The highest BCUT2D eigenvalue weighted by molar-refractivity contribution is 6.16. The summed E-state index contributed by atoms with van der Waals surface area (Å²) in [4.78, 5) is 19.6. The number of aromatic nitrogens is 3. The average molecular weight is 267 g/mol. The molecule has 2 rings (SSSR count). The molecule has 0 aliphatic carbocycles. The Morgan fingerprint density at radius 2 is 2.22 bits per heavy atom. The van der Waals surface area contributed by atoms with Gasteiger partial charge in [0, 0.05) is 18.7 Å². The molecule has 0 bridgehead atoms. The van der Waals surface area contributed by atoms with Gasteiger partial charge in [-0.3, -0.25) is 4.79 Å². The normalized spacial score (nSPS) is 11.0. The van der Waals surface area contributed by atoms with Gasteiger partial charge in [-0.05, 0) is 25.5 Å². The number of carbonyl (C=O) groups is 1. The third kappa shape index (κ3) is 2.61. The SMILES string of the molecule is Cc1ccc2nc(CCl)n(CCCC(N)=O)c2n1. The van der Waals surface area contributed by atoms with Gasteiger partial charge in [0.05, 0.1) is 5.88 Å². The van der Waals surface area contributed by atoms with E-state index in [1.54, 1.807) is 0 Å². The molecule has 1 amide bonds. The standard InChI is InChI=1S/C12H15ClN4O/c1-8-4-5-9-12(15-8)17(11(7-13)16-9)6-2-3-10(14)18/h4-5H,2-3,6-7H2,1H3,(H2,14,18). The topological polar surface area (TPSA) is 73.8 Å². The molecule has 0 aliphatic rings. The smallest absolute Gasteiger partial charge is 0.217 e. The second kappa shape index (κ2) is 5.35. The number of halogens is 1. The van der Waals surface area contributed by atoms with Gasteiger partial charge in [-0.15, -0.1) is 11.6 Å². The van der Waals surface area contributed by atoms with Crippen LogP contribution in [0, 0.1) is 6.92 Å². The van der Waals surface area contributed by atoms with Crippen LogP contribution in [-0.2, 0) is 17.2 Å². The molecule has 5 nitrogen and oxygen atoms in total. The number of imidazole rings is 1. The minimum absolute atomic E-state index is 0.295. The highest BCUT2D eigenvalue weighted by Crippen LogP contribution is 2.17. The maximum atomic E-state index is 10.8. The molecule has 0 spiro atoms. The summed E-state index contributed by atoms with van der Waals surface area (Å²) >= 11 is 5.88. The monoisotopic (exact) mass is 266 g/mol. The summed E-state index contributed by atoms with van der Waals surface area (Å²) in [6, 6.07) is 3.85. The molecule has 0 aliphatic heterocycles. The summed E-state index contributed by atoms with van der Waals surface area (Å²) < 4.78 is 1.96. The van der Waals surface area contributed by atoms with E-state index in [1.807, 2.05) is 23.6 Å². The zero-order chi connectivity index (χ0) is 13.1. The fourth-order valence-corrected chi connectivity index (χ4v) is 2.10. The summed E-state index contributed by atoms with van der Waals surface area (Å²) in [5.74, 6) is 0.802. The molecule has 0 unspecified atom stereocenters. The molecule has 0 fully saturated rings. The fraction of sp³-hybridized carbons (Fsp3) is 0.417. The average Bonchev–Trinajstić information content (AvgIpc) is 2.66. The van der Waals surface area contributed by atoms with E-state index in [2.05, 4.69) is 9.97 Å². The summed E-state index contributed by atoms with van der Waals surface area (Å²) in [5, 5.41) is 0. The Morgan fingerprint density at radius 1 is 1.44 bits per heavy atom. The van der Waals surface area contributed by atoms with E-state index in [0.29, 0.717) is 25.3 Å². The first kappa shape index (κ1) is 12.8. The molecule has 2 heterocycles. The van der Waals surface area contributed by atoms with Crippen LogP contribution in [0.4, 0.5) is 0 Å². The van der Waals surface area contributed by atoms with Gasteiger partial charge in [0.2, 0.25) is 5.91 Å². The first-order valence-electron chi connectivity index (χ1n) is 5.79. The van der Waals surface area contributed by atoms with Crippen molar-refractivity contribution < 1.29 is 4.79 Å². The summed E-state index contributed by atoms with van der Waals surface area (Å²) in [5.41, 5.74) is 7.71. The summed E-state index contributed by atoms with van der Waals surface area (Å²) in [6.07, 6.45) is 1.02. The Labute approximate surface area is 110 Å². The van der Waals surface area contributed by atoms with E-state index in [9.17, 15) is 4.79 Å². The van der Waals surface area contributed by atoms with Crippen LogP contribution < -0.4 is 5.73 Å². The molecule has 0 saturated carbocycles. The number of nitrogens with zero attached hydrogens (tertiary/aromatic N) is 3. The van der Waals surface area contributed by atoms with Crippen LogP contribution in [0.25, 0.3) is 11.2 Å². The first-order valence-corrected chi connectivity index (χ1v) is 6.32. The number of nitrogens with two attached hydrogens (primary N) is 1. The second-order valence-corrected chi connectivity index (χ2v) is 4.45. The van der Waals surface area contributed by atoms with Gasteiger partial charge in [0.25, 0.3) is 0 Å². The van der Waals surface area contributed by atoms with Gasteiger partial charge < -0.3 is 10.3 Å². The van der Waals surface area contributed by atoms with Crippen molar-refractivity contribution in [1.29, 1.82) is 0 Å². The van der Waals surface area contributed by atoms with Gasteiger partial charge in [0.15, 0.2) is 5.65 Å². The molecule has 0 radical (unpaired) electrons. The Morgan fingerprint density at radius 3 is 2.89 bits per heavy atom. The lowest BCUT2D eigenvalue weighted by Gasteiger charge is -2.06. The predicted octanol–water partition coefficient (Wildman–Crippen LogP) is 1.74. The molecule has 0 aromatic carbocycles. The van der Waals surface area contributed by atoms with Crippen molar-refractivity contribution in [2.75, 3.05) is 0 Å². The van der Waals surface area contributed by atoms with E-state index < -0.39 is 0 Å². The van der Waals surface area contributed by atoms with Crippen molar-refractivity contribution in [2.45, 2.75) is 32.2 Å². The van der Waals surface area contributed by atoms with Crippen molar-refractivity contribution in [3.63, 3.8) is 0 Å².